The Hall–Kier alpha value is -0.790. The second kappa shape index (κ2) is 6.33. The summed E-state index contributed by atoms with van der Waals surface area (Å²) < 4.78 is 4.47. The smallest absolute Gasteiger partial charge is 0.305 e. The summed E-state index contributed by atoms with van der Waals surface area (Å²) in [6.45, 7) is 3.58. The number of carbonyl (C=O) groups excluding carboxylic acids is 1. The summed E-state index contributed by atoms with van der Waals surface area (Å²) in [4.78, 5) is 10.5. The molecule has 0 atom stereocenters. The first-order valence-corrected chi connectivity index (χ1v) is 3.49. The molecule has 0 N–H and O–H groups in total. The topological polar surface area (TPSA) is 26.3 Å². The minimum atomic E-state index is -0.121. The third-order valence-corrected chi connectivity index (χ3v) is 1.27. The van der Waals surface area contributed by atoms with Crippen LogP contribution in [-0.2, 0) is 9.53 Å². The molecule has 0 aliphatic heterocycles. The first-order valence-electron chi connectivity index (χ1n) is 3.49. The third-order valence-electron chi connectivity index (χ3n) is 1.27. The molecule has 0 aromatic carbocycles. The van der Waals surface area contributed by atoms with Crippen molar-refractivity contribution in [2.24, 2.45) is 0 Å². The van der Waals surface area contributed by atoms with Crippen molar-refractivity contribution in [3.8, 4) is 0 Å². The van der Waals surface area contributed by atoms with Gasteiger partial charge in [-0.15, -0.1) is 6.58 Å². The van der Waals surface area contributed by atoms with Gasteiger partial charge in [0.15, 0.2) is 0 Å². The quantitative estimate of drug-likeness (QED) is 0.333. The van der Waals surface area contributed by atoms with E-state index in [1.807, 2.05) is 6.08 Å². The van der Waals surface area contributed by atoms with E-state index in [9.17, 15) is 4.79 Å². The Morgan fingerprint density at radius 3 is 2.80 bits per heavy atom. The number of rotatable bonds is 5. The highest BCUT2D eigenvalue weighted by molar-refractivity contribution is 5.68. The van der Waals surface area contributed by atoms with Crippen molar-refractivity contribution in [1.82, 2.24) is 0 Å². The molecule has 2 heteroatoms. The Morgan fingerprint density at radius 2 is 2.30 bits per heavy atom. The third kappa shape index (κ3) is 5.35. The van der Waals surface area contributed by atoms with Gasteiger partial charge in [0.2, 0.25) is 0 Å². The van der Waals surface area contributed by atoms with E-state index in [2.05, 4.69) is 11.3 Å². The maximum absolute atomic E-state index is 10.5. The molecule has 0 bridgehead atoms. The molecule has 0 saturated heterocycles. The molecule has 0 saturated carbocycles. The second-order valence-electron chi connectivity index (χ2n) is 2.11. The van der Waals surface area contributed by atoms with Gasteiger partial charge in [-0.2, -0.15) is 0 Å². The summed E-state index contributed by atoms with van der Waals surface area (Å²) >= 11 is 0. The molecule has 0 heterocycles. The predicted octanol–water partition coefficient (Wildman–Crippen LogP) is 1.91. The van der Waals surface area contributed by atoms with Crippen LogP contribution in [0.15, 0.2) is 12.7 Å². The fourth-order valence-electron chi connectivity index (χ4n) is 0.660. The summed E-state index contributed by atoms with van der Waals surface area (Å²) in [5.74, 6) is -0.121. The number of esters is 1. The Balaban J connectivity index is 3.03. The van der Waals surface area contributed by atoms with Gasteiger partial charge < -0.3 is 4.74 Å². The first kappa shape index (κ1) is 9.21. The Kier molecular flexibility index (Phi) is 5.83. The van der Waals surface area contributed by atoms with Crippen LogP contribution in [0.4, 0.5) is 0 Å². The van der Waals surface area contributed by atoms with E-state index in [0.717, 1.165) is 19.3 Å². The van der Waals surface area contributed by atoms with E-state index < -0.39 is 0 Å². The van der Waals surface area contributed by atoms with Gasteiger partial charge in [0, 0.05) is 6.42 Å². The number of carbonyl (C=O) groups is 1. The van der Waals surface area contributed by atoms with E-state index in [0.29, 0.717) is 6.42 Å². The van der Waals surface area contributed by atoms with Gasteiger partial charge in [-0.05, 0) is 19.3 Å². The largest absolute Gasteiger partial charge is 0.469 e. The Bertz CT molecular complexity index is 108. The molecule has 0 fully saturated rings. The molecule has 0 unspecified atom stereocenters. The number of hydrogen-bond donors (Lipinski definition) is 0. The summed E-state index contributed by atoms with van der Waals surface area (Å²) in [5.41, 5.74) is 0. The van der Waals surface area contributed by atoms with Crippen LogP contribution in [0, 0.1) is 0 Å². The Labute approximate surface area is 61.9 Å². The lowest BCUT2D eigenvalue weighted by atomic mass is 10.2. The van der Waals surface area contributed by atoms with E-state index in [-0.39, 0.29) is 5.97 Å². The lowest BCUT2D eigenvalue weighted by Gasteiger charge is -1.96. The Morgan fingerprint density at radius 1 is 1.60 bits per heavy atom. The standard InChI is InChI=1S/C8H14O2/c1-3-4-5-6-7-8(9)10-2/h3H,1,4-7H2,2H3. The number of ether oxygens (including phenoxy) is 1. The molecule has 0 rings (SSSR count). The van der Waals surface area contributed by atoms with E-state index in [1.165, 1.54) is 7.11 Å². The highest BCUT2D eigenvalue weighted by atomic mass is 16.5. The number of unbranched alkanes of at least 4 members (excludes halogenated alkanes) is 2. The predicted molar refractivity (Wildman–Crippen MR) is 40.7 cm³/mol. The van der Waals surface area contributed by atoms with E-state index in [4.69, 9.17) is 0 Å². The highest BCUT2D eigenvalue weighted by Gasteiger charge is 1.96. The lowest BCUT2D eigenvalue weighted by molar-refractivity contribution is -0.140. The van der Waals surface area contributed by atoms with Crippen molar-refractivity contribution >= 4 is 5.97 Å². The van der Waals surface area contributed by atoms with Gasteiger partial charge in [-0.1, -0.05) is 6.08 Å². The van der Waals surface area contributed by atoms with Crippen molar-refractivity contribution in [3.63, 3.8) is 0 Å². The van der Waals surface area contributed by atoms with Gasteiger partial charge in [-0.25, -0.2) is 0 Å². The zero-order valence-corrected chi connectivity index (χ0v) is 6.43. The van der Waals surface area contributed by atoms with Crippen LogP contribution in [-0.4, -0.2) is 13.1 Å². The molecule has 0 aromatic heterocycles. The monoisotopic (exact) mass is 142 g/mol. The summed E-state index contributed by atoms with van der Waals surface area (Å²) in [5, 5.41) is 0. The zero-order valence-electron chi connectivity index (χ0n) is 6.43. The highest BCUT2D eigenvalue weighted by Crippen LogP contribution is 2.00. The van der Waals surface area contributed by atoms with Crippen LogP contribution in [0.5, 0.6) is 0 Å². The average molecular weight is 142 g/mol. The van der Waals surface area contributed by atoms with Gasteiger partial charge >= 0.3 is 5.97 Å². The minimum absolute atomic E-state index is 0.121. The summed E-state index contributed by atoms with van der Waals surface area (Å²) in [6, 6.07) is 0. The normalized spacial score (nSPS) is 8.90. The van der Waals surface area contributed by atoms with Crippen molar-refractivity contribution in [3.05, 3.63) is 12.7 Å². The molecular weight excluding hydrogens is 128 g/mol. The van der Waals surface area contributed by atoms with E-state index in [1.54, 1.807) is 0 Å². The molecule has 0 aromatic rings. The molecule has 58 valence electrons. The van der Waals surface area contributed by atoms with Crippen molar-refractivity contribution in [2.75, 3.05) is 7.11 Å². The average Bonchev–Trinajstić information content (AvgIpc) is 1.98. The number of allylic oxidation sites excluding steroid dienone is 1. The second-order valence-corrected chi connectivity index (χ2v) is 2.11. The van der Waals surface area contributed by atoms with Crippen molar-refractivity contribution in [1.29, 1.82) is 0 Å². The molecule has 0 aliphatic rings. The summed E-state index contributed by atoms with van der Waals surface area (Å²) in [7, 11) is 1.41. The molecule has 10 heavy (non-hydrogen) atoms. The van der Waals surface area contributed by atoms with Gasteiger partial charge in [0.1, 0.15) is 0 Å². The zero-order chi connectivity index (χ0) is 7.82. The van der Waals surface area contributed by atoms with Crippen LogP contribution in [0.1, 0.15) is 25.7 Å². The van der Waals surface area contributed by atoms with Gasteiger partial charge in [0.05, 0.1) is 7.11 Å². The van der Waals surface area contributed by atoms with Crippen LogP contribution in [0.2, 0.25) is 0 Å². The van der Waals surface area contributed by atoms with Gasteiger partial charge in [-0.3, -0.25) is 4.79 Å². The van der Waals surface area contributed by atoms with Gasteiger partial charge in [0.25, 0.3) is 0 Å². The molecular formula is C8H14O2. The first-order chi connectivity index (χ1) is 4.81. The minimum Gasteiger partial charge on any atom is -0.469 e. The van der Waals surface area contributed by atoms with Crippen LogP contribution < -0.4 is 0 Å². The number of hydrogen-bond acceptors (Lipinski definition) is 2. The maximum atomic E-state index is 10.5. The molecule has 0 spiro atoms. The van der Waals surface area contributed by atoms with Crippen LogP contribution in [0.3, 0.4) is 0 Å². The molecule has 2 nitrogen and oxygen atoms in total. The fraction of sp³-hybridized carbons (Fsp3) is 0.625. The molecule has 0 amide bonds. The van der Waals surface area contributed by atoms with Crippen LogP contribution >= 0.6 is 0 Å². The van der Waals surface area contributed by atoms with E-state index >= 15 is 0 Å². The summed E-state index contributed by atoms with van der Waals surface area (Å²) in [6.07, 6.45) is 5.30. The van der Waals surface area contributed by atoms with Crippen molar-refractivity contribution < 1.29 is 9.53 Å². The SMILES string of the molecule is C=CCCCCC(=O)OC. The lowest BCUT2D eigenvalue weighted by Crippen LogP contribution is -1.98. The maximum Gasteiger partial charge on any atom is 0.305 e. The fourth-order valence-corrected chi connectivity index (χ4v) is 0.660. The molecule has 0 aliphatic carbocycles. The molecule has 0 radical (unpaired) electrons. The van der Waals surface area contributed by atoms with Crippen LogP contribution in [0.25, 0.3) is 0 Å². The number of methoxy groups -OCH3 is 1. The van der Waals surface area contributed by atoms with Crippen molar-refractivity contribution in [2.45, 2.75) is 25.7 Å².